The van der Waals surface area contributed by atoms with Crippen LogP contribution >= 0.6 is 0 Å². The Morgan fingerprint density at radius 3 is 2.91 bits per heavy atom. The minimum atomic E-state index is 0.202. The molecule has 1 fully saturated rings. The molecule has 3 nitrogen and oxygen atoms in total. The van der Waals surface area contributed by atoms with E-state index in [4.69, 9.17) is 5.73 Å². The molecule has 1 heterocycles. The van der Waals surface area contributed by atoms with E-state index in [1.54, 1.807) is 6.92 Å². The van der Waals surface area contributed by atoms with Gasteiger partial charge in [-0.3, -0.25) is 10.5 Å². The van der Waals surface area contributed by atoms with E-state index >= 15 is 0 Å². The van der Waals surface area contributed by atoms with E-state index in [9.17, 15) is 4.79 Å². The summed E-state index contributed by atoms with van der Waals surface area (Å²) in [5, 5.41) is 0. The van der Waals surface area contributed by atoms with Crippen LogP contribution in [0.4, 0.5) is 0 Å². The third-order valence-corrected chi connectivity index (χ3v) is 2.26. The van der Waals surface area contributed by atoms with E-state index in [1.165, 1.54) is 17.7 Å². The van der Waals surface area contributed by atoms with Crippen molar-refractivity contribution in [3.05, 3.63) is 0 Å². The topological polar surface area (TPSA) is 47.5 Å². The van der Waals surface area contributed by atoms with Gasteiger partial charge in [-0.1, -0.05) is 0 Å². The highest BCUT2D eigenvalue weighted by atomic mass is 16.1. The molecule has 0 aliphatic carbocycles. The first-order chi connectivity index (χ1) is 5.20. The molecule has 64 valence electrons. The number of ketones is 1. The first-order valence-corrected chi connectivity index (χ1v) is 4.30. The van der Waals surface area contributed by atoms with Crippen molar-refractivity contribution in [3.8, 4) is 0 Å². The zero-order valence-corrected chi connectivity index (χ0v) is 7.10. The lowest BCUT2D eigenvalue weighted by Crippen LogP contribution is -3.18. The lowest BCUT2D eigenvalue weighted by Gasteiger charge is -2.28. The number of carbonyl (C=O) groups is 1. The van der Waals surface area contributed by atoms with Gasteiger partial charge in [0.1, 0.15) is 12.7 Å². The molecule has 1 aliphatic heterocycles. The second-order valence-corrected chi connectivity index (χ2v) is 3.39. The summed E-state index contributed by atoms with van der Waals surface area (Å²) in [5.41, 5.74) is 5.84. The van der Waals surface area contributed by atoms with Crippen molar-refractivity contribution in [2.45, 2.75) is 32.4 Å². The van der Waals surface area contributed by atoms with Crippen molar-refractivity contribution in [1.82, 2.24) is 0 Å². The summed E-state index contributed by atoms with van der Waals surface area (Å²) in [4.78, 5) is 12.0. The molecule has 0 aromatic heterocycles. The van der Waals surface area contributed by atoms with Gasteiger partial charge in [-0.15, -0.1) is 0 Å². The first-order valence-electron chi connectivity index (χ1n) is 4.30. The van der Waals surface area contributed by atoms with Crippen LogP contribution < -0.4 is 10.6 Å². The third kappa shape index (κ3) is 2.60. The summed E-state index contributed by atoms with van der Waals surface area (Å²) < 4.78 is 0. The molecular formula is C8H17N2O+. The number of Topliss-reactive ketones (excluding diaryl/α,β-unsaturated/α-hetero) is 1. The molecule has 1 aliphatic rings. The third-order valence-electron chi connectivity index (χ3n) is 2.26. The van der Waals surface area contributed by atoms with Crippen LogP contribution in [0.2, 0.25) is 0 Å². The Morgan fingerprint density at radius 2 is 2.36 bits per heavy atom. The molecule has 0 bridgehead atoms. The first kappa shape index (κ1) is 8.68. The SMILES string of the molecule is CC(=O)C[NH+]1CCCCC1N. The van der Waals surface area contributed by atoms with Gasteiger partial charge in [-0.25, -0.2) is 0 Å². The predicted octanol–water partition coefficient (Wildman–Crippen LogP) is -1.07. The van der Waals surface area contributed by atoms with Gasteiger partial charge in [-0.05, 0) is 12.8 Å². The van der Waals surface area contributed by atoms with Crippen LogP contribution in [0.15, 0.2) is 0 Å². The van der Waals surface area contributed by atoms with Crippen LogP contribution in [0.3, 0.4) is 0 Å². The van der Waals surface area contributed by atoms with E-state index in [0.29, 0.717) is 6.54 Å². The van der Waals surface area contributed by atoms with Gasteiger partial charge < -0.3 is 4.90 Å². The van der Waals surface area contributed by atoms with Gasteiger partial charge in [0.05, 0.1) is 6.54 Å². The van der Waals surface area contributed by atoms with Crippen molar-refractivity contribution in [3.63, 3.8) is 0 Å². The number of quaternary nitrogens is 1. The highest BCUT2D eigenvalue weighted by Gasteiger charge is 2.22. The van der Waals surface area contributed by atoms with Crippen molar-refractivity contribution in [1.29, 1.82) is 0 Å². The van der Waals surface area contributed by atoms with E-state index in [-0.39, 0.29) is 11.9 Å². The number of piperidine rings is 1. The summed E-state index contributed by atoms with van der Waals surface area (Å²) >= 11 is 0. The number of hydrogen-bond donors (Lipinski definition) is 2. The highest BCUT2D eigenvalue weighted by Crippen LogP contribution is 1.97. The highest BCUT2D eigenvalue weighted by molar-refractivity contribution is 5.76. The number of nitrogens with two attached hydrogens (primary N) is 1. The zero-order chi connectivity index (χ0) is 8.27. The Labute approximate surface area is 67.5 Å². The fourth-order valence-electron chi connectivity index (χ4n) is 1.65. The van der Waals surface area contributed by atoms with Gasteiger partial charge in [0, 0.05) is 13.3 Å². The Kier molecular flexibility index (Phi) is 3.02. The van der Waals surface area contributed by atoms with Crippen LogP contribution in [0, 0.1) is 0 Å². The van der Waals surface area contributed by atoms with Crippen molar-refractivity contribution in [2.24, 2.45) is 5.73 Å². The smallest absolute Gasteiger partial charge is 0.183 e. The van der Waals surface area contributed by atoms with Crippen molar-refractivity contribution in [2.75, 3.05) is 13.1 Å². The normalized spacial score (nSPS) is 31.8. The van der Waals surface area contributed by atoms with Crippen LogP contribution in [-0.2, 0) is 4.79 Å². The Bertz CT molecular complexity index is 147. The predicted molar refractivity (Wildman–Crippen MR) is 43.2 cm³/mol. The Hall–Kier alpha value is -0.410. The Morgan fingerprint density at radius 1 is 1.64 bits per heavy atom. The summed E-state index contributed by atoms with van der Waals surface area (Å²) in [6.07, 6.45) is 3.72. The maximum Gasteiger partial charge on any atom is 0.183 e. The maximum atomic E-state index is 10.8. The maximum absolute atomic E-state index is 10.8. The summed E-state index contributed by atoms with van der Waals surface area (Å²) in [6, 6.07) is 0. The number of nitrogens with one attached hydrogen (secondary N) is 1. The lowest BCUT2D eigenvalue weighted by atomic mass is 10.1. The number of rotatable bonds is 2. The van der Waals surface area contributed by atoms with Crippen molar-refractivity contribution >= 4 is 5.78 Å². The fraction of sp³-hybridized carbons (Fsp3) is 0.875. The molecule has 2 unspecified atom stereocenters. The second-order valence-electron chi connectivity index (χ2n) is 3.39. The largest absolute Gasteiger partial charge is 0.314 e. The standard InChI is InChI=1S/C8H16N2O/c1-7(11)6-10-5-3-2-4-8(10)9/h8H,2-6,9H2,1H3/p+1. The molecule has 0 aromatic carbocycles. The fourth-order valence-corrected chi connectivity index (χ4v) is 1.65. The number of hydrogen-bond acceptors (Lipinski definition) is 2. The van der Waals surface area contributed by atoms with Crippen molar-refractivity contribution < 1.29 is 9.69 Å². The zero-order valence-electron chi connectivity index (χ0n) is 7.10. The van der Waals surface area contributed by atoms with Crippen LogP contribution in [0.25, 0.3) is 0 Å². The van der Waals surface area contributed by atoms with Gasteiger partial charge in [0.25, 0.3) is 0 Å². The lowest BCUT2D eigenvalue weighted by molar-refractivity contribution is -0.922. The number of likely N-dealkylation sites (tertiary alicyclic amines) is 1. The molecule has 11 heavy (non-hydrogen) atoms. The van der Waals surface area contributed by atoms with Gasteiger partial charge in [-0.2, -0.15) is 0 Å². The molecule has 0 amide bonds. The molecule has 0 radical (unpaired) electrons. The van der Waals surface area contributed by atoms with Crippen LogP contribution in [-0.4, -0.2) is 25.0 Å². The average Bonchev–Trinajstić information content (AvgIpc) is 1.93. The Balaban J connectivity index is 2.35. The molecule has 0 aromatic rings. The molecule has 1 rings (SSSR count). The van der Waals surface area contributed by atoms with Gasteiger partial charge in [0.15, 0.2) is 5.78 Å². The van der Waals surface area contributed by atoms with E-state index in [1.807, 2.05) is 0 Å². The molecule has 1 saturated heterocycles. The summed E-state index contributed by atoms with van der Waals surface area (Å²) in [6.45, 7) is 3.32. The average molecular weight is 157 g/mol. The quantitative estimate of drug-likeness (QED) is 0.536. The minimum Gasteiger partial charge on any atom is -0.314 e. The number of carbonyl (C=O) groups excluding carboxylic acids is 1. The molecular weight excluding hydrogens is 140 g/mol. The van der Waals surface area contributed by atoms with Crippen LogP contribution in [0.5, 0.6) is 0 Å². The van der Waals surface area contributed by atoms with Gasteiger partial charge in [0.2, 0.25) is 0 Å². The van der Waals surface area contributed by atoms with Crippen LogP contribution in [0.1, 0.15) is 26.2 Å². The molecule has 0 spiro atoms. The second kappa shape index (κ2) is 3.83. The molecule has 0 saturated carbocycles. The van der Waals surface area contributed by atoms with Gasteiger partial charge >= 0.3 is 0 Å². The van der Waals surface area contributed by atoms with E-state index in [2.05, 4.69) is 0 Å². The van der Waals surface area contributed by atoms with E-state index in [0.717, 1.165) is 13.0 Å². The van der Waals surface area contributed by atoms with E-state index < -0.39 is 0 Å². The molecule has 3 heteroatoms. The summed E-state index contributed by atoms with van der Waals surface area (Å²) in [7, 11) is 0. The molecule has 3 N–H and O–H groups in total. The monoisotopic (exact) mass is 157 g/mol. The minimum absolute atomic E-state index is 0.202. The molecule has 2 atom stereocenters. The summed E-state index contributed by atoms with van der Waals surface area (Å²) in [5.74, 6) is 0.248.